The van der Waals surface area contributed by atoms with Crippen LogP contribution in [0.4, 0.5) is 0 Å². The van der Waals surface area contributed by atoms with Crippen molar-refractivity contribution in [2.45, 2.75) is 64.0 Å². The number of likely N-dealkylation sites (N-methyl/N-ethyl adjacent to an activating group) is 1. The van der Waals surface area contributed by atoms with Gasteiger partial charge in [0, 0.05) is 13.0 Å². The first-order valence-corrected chi connectivity index (χ1v) is 7.78. The molecule has 0 aromatic carbocycles. The third-order valence-electron chi connectivity index (χ3n) is 4.44. The molecule has 19 heavy (non-hydrogen) atoms. The van der Waals surface area contributed by atoms with Crippen molar-refractivity contribution in [3.05, 3.63) is 0 Å². The van der Waals surface area contributed by atoms with Crippen molar-refractivity contribution >= 4 is 5.97 Å². The molecule has 4 heteroatoms. The highest BCUT2D eigenvalue weighted by atomic mass is 16.4. The summed E-state index contributed by atoms with van der Waals surface area (Å²) >= 11 is 0. The topological polar surface area (TPSA) is 49.3 Å². The third kappa shape index (κ3) is 5.11. The molecular formula is C15H31N2O2+. The van der Waals surface area contributed by atoms with E-state index in [1.165, 1.54) is 38.5 Å². The van der Waals surface area contributed by atoms with Gasteiger partial charge in [0.25, 0.3) is 0 Å². The largest absolute Gasteiger partial charge is 0.480 e. The molecule has 4 nitrogen and oxygen atoms in total. The highest BCUT2D eigenvalue weighted by molar-refractivity contribution is 5.74. The average Bonchev–Trinajstić information content (AvgIpc) is 2.83. The number of rotatable bonds is 9. The molecule has 0 aromatic rings. The van der Waals surface area contributed by atoms with Crippen LogP contribution in [0.2, 0.25) is 0 Å². The van der Waals surface area contributed by atoms with Crippen LogP contribution in [0.25, 0.3) is 0 Å². The van der Waals surface area contributed by atoms with Gasteiger partial charge in [0.05, 0.1) is 20.6 Å². The van der Waals surface area contributed by atoms with Gasteiger partial charge >= 0.3 is 5.97 Å². The molecule has 0 spiro atoms. The summed E-state index contributed by atoms with van der Waals surface area (Å²) in [7, 11) is 4.36. The predicted octanol–water partition coefficient (Wildman–Crippen LogP) is 2.24. The smallest absolute Gasteiger partial charge is 0.326 e. The minimum absolute atomic E-state index is 0.216. The summed E-state index contributed by atoms with van der Waals surface area (Å²) in [4.78, 5) is 11.2. The molecule has 0 aromatic heterocycles. The molecule has 0 aliphatic carbocycles. The molecular weight excluding hydrogens is 240 g/mol. The number of nitrogens with one attached hydrogen (secondary N) is 1. The molecule has 2 atom stereocenters. The van der Waals surface area contributed by atoms with E-state index in [4.69, 9.17) is 0 Å². The Hall–Kier alpha value is -0.610. The van der Waals surface area contributed by atoms with E-state index < -0.39 is 5.97 Å². The van der Waals surface area contributed by atoms with Crippen molar-refractivity contribution in [2.24, 2.45) is 0 Å². The molecule has 0 amide bonds. The molecule has 0 saturated carbocycles. The molecule has 2 N–H and O–H groups in total. The Bertz CT molecular complexity index is 279. The molecule has 1 heterocycles. The minimum atomic E-state index is -0.698. The number of unbranched alkanes of at least 4 members (excludes halogenated alkanes) is 5. The highest BCUT2D eigenvalue weighted by Crippen LogP contribution is 2.21. The summed E-state index contributed by atoms with van der Waals surface area (Å²) in [5.41, 5.74) is 0. The normalized spacial score (nSPS) is 23.7. The maximum absolute atomic E-state index is 11.2. The first-order valence-electron chi connectivity index (χ1n) is 7.78. The number of hydrogen-bond donors (Lipinski definition) is 2. The minimum Gasteiger partial charge on any atom is -0.480 e. The van der Waals surface area contributed by atoms with Gasteiger partial charge in [0.2, 0.25) is 0 Å². The SMILES string of the molecule is CCCCCCCC[N+](C)(C)C1CCN[C@@H]1C(=O)O. The van der Waals surface area contributed by atoms with E-state index in [9.17, 15) is 9.90 Å². The second-order valence-corrected chi connectivity index (χ2v) is 6.40. The van der Waals surface area contributed by atoms with E-state index in [0.717, 1.165) is 24.0 Å². The summed E-state index contributed by atoms with van der Waals surface area (Å²) in [6, 6.07) is -0.150. The Morgan fingerprint density at radius 1 is 1.21 bits per heavy atom. The number of nitrogens with zero attached hydrogens (tertiary/aromatic N) is 1. The van der Waals surface area contributed by atoms with Crippen LogP contribution in [-0.4, -0.2) is 54.8 Å². The summed E-state index contributed by atoms with van der Waals surface area (Å²) < 4.78 is 0.831. The fraction of sp³-hybridized carbons (Fsp3) is 0.933. The second-order valence-electron chi connectivity index (χ2n) is 6.40. The zero-order chi connectivity index (χ0) is 14.3. The molecule has 0 radical (unpaired) electrons. The van der Waals surface area contributed by atoms with E-state index >= 15 is 0 Å². The fourth-order valence-electron chi connectivity index (χ4n) is 3.16. The standard InChI is InChI=1S/C15H30N2O2/c1-4-5-6-7-8-9-12-17(2,3)13-10-11-16-14(13)15(18)19/h13-14,16H,4-12H2,1-3H3/p+1/t13?,14-/m0/s1. The van der Waals surface area contributed by atoms with Crippen LogP contribution in [0.15, 0.2) is 0 Å². The Morgan fingerprint density at radius 3 is 2.47 bits per heavy atom. The van der Waals surface area contributed by atoms with Crippen molar-refractivity contribution < 1.29 is 14.4 Å². The van der Waals surface area contributed by atoms with E-state index in [1.807, 2.05) is 0 Å². The lowest BCUT2D eigenvalue weighted by Crippen LogP contribution is -2.56. The van der Waals surface area contributed by atoms with Gasteiger partial charge in [-0.25, -0.2) is 0 Å². The number of hydrogen-bond acceptors (Lipinski definition) is 2. The molecule has 1 aliphatic rings. The van der Waals surface area contributed by atoms with E-state index in [1.54, 1.807) is 0 Å². The third-order valence-corrected chi connectivity index (χ3v) is 4.44. The van der Waals surface area contributed by atoms with Crippen LogP contribution in [0.1, 0.15) is 51.9 Å². The summed E-state index contributed by atoms with van der Waals surface area (Å²) in [5, 5.41) is 12.4. The van der Waals surface area contributed by atoms with Crippen LogP contribution in [0, 0.1) is 0 Å². The molecule has 1 rings (SSSR count). The van der Waals surface area contributed by atoms with Gasteiger partial charge in [0.15, 0.2) is 6.04 Å². The van der Waals surface area contributed by atoms with Gasteiger partial charge in [-0.3, -0.25) is 10.1 Å². The number of aliphatic carboxylic acids is 1. The van der Waals surface area contributed by atoms with Crippen molar-refractivity contribution in [3.8, 4) is 0 Å². The Morgan fingerprint density at radius 2 is 1.84 bits per heavy atom. The molecule has 1 unspecified atom stereocenters. The first-order chi connectivity index (χ1) is 8.99. The highest BCUT2D eigenvalue weighted by Gasteiger charge is 2.42. The van der Waals surface area contributed by atoms with E-state index in [0.29, 0.717) is 0 Å². The van der Waals surface area contributed by atoms with Crippen LogP contribution >= 0.6 is 0 Å². The van der Waals surface area contributed by atoms with Crippen LogP contribution < -0.4 is 5.32 Å². The maximum Gasteiger partial charge on any atom is 0.326 e. The lowest BCUT2D eigenvalue weighted by atomic mass is 10.0. The van der Waals surface area contributed by atoms with Gasteiger partial charge in [-0.1, -0.05) is 32.6 Å². The zero-order valence-electron chi connectivity index (χ0n) is 12.8. The van der Waals surface area contributed by atoms with Crippen LogP contribution in [0.5, 0.6) is 0 Å². The predicted molar refractivity (Wildman–Crippen MR) is 78.2 cm³/mol. The van der Waals surface area contributed by atoms with Gasteiger partial charge in [-0.05, 0) is 12.8 Å². The number of quaternary nitrogens is 1. The van der Waals surface area contributed by atoms with Crippen molar-refractivity contribution in [2.75, 3.05) is 27.2 Å². The Balaban J connectivity index is 2.32. The van der Waals surface area contributed by atoms with Gasteiger partial charge < -0.3 is 9.59 Å². The molecule has 1 aliphatic heterocycles. The van der Waals surface area contributed by atoms with Crippen LogP contribution in [0.3, 0.4) is 0 Å². The first kappa shape index (κ1) is 16.4. The summed E-state index contributed by atoms with van der Waals surface area (Å²) in [5.74, 6) is -0.698. The van der Waals surface area contributed by atoms with Crippen molar-refractivity contribution in [1.82, 2.24) is 5.32 Å². The molecule has 0 bridgehead atoms. The van der Waals surface area contributed by atoms with Gasteiger partial charge in [-0.2, -0.15) is 0 Å². The number of carboxylic acid groups (broad SMARTS) is 1. The van der Waals surface area contributed by atoms with E-state index in [2.05, 4.69) is 26.3 Å². The van der Waals surface area contributed by atoms with Crippen molar-refractivity contribution in [1.29, 1.82) is 0 Å². The van der Waals surface area contributed by atoms with E-state index in [-0.39, 0.29) is 12.1 Å². The number of carboxylic acids is 1. The lowest BCUT2D eigenvalue weighted by molar-refractivity contribution is -0.914. The summed E-state index contributed by atoms with van der Waals surface area (Å²) in [6.45, 7) is 4.15. The quantitative estimate of drug-likeness (QED) is 0.499. The average molecular weight is 271 g/mol. The summed E-state index contributed by atoms with van der Waals surface area (Å²) in [6.07, 6.45) is 8.74. The second kappa shape index (κ2) is 7.85. The van der Waals surface area contributed by atoms with Crippen molar-refractivity contribution in [3.63, 3.8) is 0 Å². The Kier molecular flexibility index (Phi) is 6.80. The maximum atomic E-state index is 11.2. The molecule has 1 saturated heterocycles. The monoisotopic (exact) mass is 271 g/mol. The van der Waals surface area contributed by atoms with Gasteiger partial charge in [0.1, 0.15) is 6.04 Å². The van der Waals surface area contributed by atoms with Gasteiger partial charge in [-0.15, -0.1) is 0 Å². The number of carbonyl (C=O) groups is 1. The molecule has 1 fully saturated rings. The van der Waals surface area contributed by atoms with Crippen LogP contribution in [-0.2, 0) is 4.79 Å². The zero-order valence-corrected chi connectivity index (χ0v) is 12.8. The molecule has 112 valence electrons. The Labute approximate surface area is 117 Å². The fourth-order valence-corrected chi connectivity index (χ4v) is 3.16. The lowest BCUT2D eigenvalue weighted by Gasteiger charge is -2.37.